The van der Waals surface area contributed by atoms with Gasteiger partial charge in [-0.25, -0.2) is 0 Å². The first-order valence-corrected chi connectivity index (χ1v) is 9.45. The fourth-order valence-corrected chi connectivity index (χ4v) is 3.70. The van der Waals surface area contributed by atoms with Gasteiger partial charge >= 0.3 is 0 Å². The van der Waals surface area contributed by atoms with E-state index in [-0.39, 0.29) is 28.7 Å². The molecule has 0 spiro atoms. The number of fused-ring (bicyclic) bond motifs is 1. The van der Waals surface area contributed by atoms with Crippen molar-refractivity contribution in [1.82, 2.24) is 20.0 Å². The van der Waals surface area contributed by atoms with E-state index in [1.807, 2.05) is 9.58 Å². The Hall–Kier alpha value is -2.32. The highest BCUT2D eigenvalue weighted by molar-refractivity contribution is 6.29. The summed E-state index contributed by atoms with van der Waals surface area (Å²) in [6.07, 6.45) is 3.25. The Morgan fingerprint density at radius 1 is 1.26 bits per heavy atom. The molecule has 0 aliphatic carbocycles. The van der Waals surface area contributed by atoms with Gasteiger partial charge in [0.25, 0.3) is 11.8 Å². The van der Waals surface area contributed by atoms with E-state index in [1.165, 1.54) is 0 Å². The molecule has 4 rings (SSSR count). The Bertz CT molecular complexity index is 840. The van der Waals surface area contributed by atoms with Crippen LogP contribution in [0.3, 0.4) is 0 Å². The third kappa shape index (κ3) is 3.86. The first-order chi connectivity index (χ1) is 13.1. The van der Waals surface area contributed by atoms with Gasteiger partial charge in [-0.15, -0.1) is 0 Å². The SMILES string of the molecule is O=C(NC[C@@H]1CCn2ncc(C(=O)N3CCOCC3)c2C1)c1ccc(Cl)o1. The molecule has 1 atom stereocenters. The number of ether oxygens (including phenoxy) is 1. The second kappa shape index (κ2) is 7.74. The van der Waals surface area contributed by atoms with Gasteiger partial charge < -0.3 is 19.4 Å². The summed E-state index contributed by atoms with van der Waals surface area (Å²) in [6.45, 7) is 3.59. The minimum atomic E-state index is -0.286. The maximum atomic E-state index is 12.8. The molecule has 0 bridgehead atoms. The average Bonchev–Trinajstić information content (AvgIpc) is 3.32. The number of morpholine rings is 1. The monoisotopic (exact) mass is 392 g/mol. The van der Waals surface area contributed by atoms with Crippen molar-refractivity contribution in [2.45, 2.75) is 19.4 Å². The van der Waals surface area contributed by atoms with Gasteiger partial charge in [-0.3, -0.25) is 14.3 Å². The normalized spacial score (nSPS) is 19.6. The highest BCUT2D eigenvalue weighted by Crippen LogP contribution is 2.24. The van der Waals surface area contributed by atoms with Crippen LogP contribution in [0.15, 0.2) is 22.7 Å². The second-order valence-corrected chi connectivity index (χ2v) is 7.18. The lowest BCUT2D eigenvalue weighted by atomic mass is 9.94. The van der Waals surface area contributed by atoms with Crippen LogP contribution in [0.25, 0.3) is 0 Å². The standard InChI is InChI=1S/C18H21ClN4O4/c19-16-2-1-15(27-16)17(24)20-10-12-3-4-23-14(9-12)13(11-21-23)18(25)22-5-7-26-8-6-22/h1-2,11-12H,3-10H2,(H,20,24)/t12-/m1/s1. The Kier molecular flexibility index (Phi) is 5.18. The number of nitrogens with one attached hydrogen (secondary N) is 1. The largest absolute Gasteiger partial charge is 0.440 e. The Balaban J connectivity index is 1.39. The number of furan rings is 1. The highest BCUT2D eigenvalue weighted by atomic mass is 35.5. The number of aryl methyl sites for hydroxylation is 1. The van der Waals surface area contributed by atoms with Crippen molar-refractivity contribution in [3.63, 3.8) is 0 Å². The van der Waals surface area contributed by atoms with Crippen molar-refractivity contribution >= 4 is 23.4 Å². The van der Waals surface area contributed by atoms with E-state index in [9.17, 15) is 9.59 Å². The van der Waals surface area contributed by atoms with E-state index in [4.69, 9.17) is 20.8 Å². The molecule has 9 heteroatoms. The molecular formula is C18H21ClN4O4. The fraction of sp³-hybridized carbons (Fsp3) is 0.500. The van der Waals surface area contributed by atoms with Crippen LogP contribution >= 0.6 is 11.6 Å². The number of amides is 2. The Morgan fingerprint density at radius 3 is 2.81 bits per heavy atom. The minimum absolute atomic E-state index is 0.00876. The quantitative estimate of drug-likeness (QED) is 0.853. The summed E-state index contributed by atoms with van der Waals surface area (Å²) in [5.74, 6) is 0.156. The molecule has 2 aromatic rings. The van der Waals surface area contributed by atoms with Crippen LogP contribution in [0, 0.1) is 5.92 Å². The van der Waals surface area contributed by atoms with Gasteiger partial charge in [0.1, 0.15) is 0 Å². The molecule has 2 aliphatic heterocycles. The fourth-order valence-electron chi connectivity index (χ4n) is 3.55. The number of carbonyl (C=O) groups is 2. The van der Waals surface area contributed by atoms with Crippen LogP contribution in [0.5, 0.6) is 0 Å². The number of hydrogen-bond donors (Lipinski definition) is 1. The topological polar surface area (TPSA) is 89.6 Å². The molecule has 0 unspecified atom stereocenters. The molecule has 144 valence electrons. The third-order valence-corrected chi connectivity index (χ3v) is 5.26. The van der Waals surface area contributed by atoms with E-state index >= 15 is 0 Å². The van der Waals surface area contributed by atoms with Crippen LogP contribution in [0.4, 0.5) is 0 Å². The number of hydrogen-bond acceptors (Lipinski definition) is 5. The van der Waals surface area contributed by atoms with Crippen molar-refractivity contribution in [1.29, 1.82) is 0 Å². The molecule has 2 amide bonds. The van der Waals surface area contributed by atoms with E-state index in [2.05, 4.69) is 10.4 Å². The van der Waals surface area contributed by atoms with Crippen molar-refractivity contribution in [2.75, 3.05) is 32.8 Å². The molecule has 1 N–H and O–H groups in total. The zero-order chi connectivity index (χ0) is 18.8. The van der Waals surface area contributed by atoms with Crippen LogP contribution in [-0.2, 0) is 17.7 Å². The predicted molar refractivity (Wildman–Crippen MR) is 96.8 cm³/mol. The predicted octanol–water partition coefficient (Wildman–Crippen LogP) is 1.59. The smallest absolute Gasteiger partial charge is 0.287 e. The minimum Gasteiger partial charge on any atom is -0.440 e. The zero-order valence-corrected chi connectivity index (χ0v) is 15.6. The van der Waals surface area contributed by atoms with Crippen LogP contribution in [-0.4, -0.2) is 59.3 Å². The molecule has 8 nitrogen and oxygen atoms in total. The summed E-state index contributed by atoms with van der Waals surface area (Å²) in [5, 5.41) is 7.45. The summed E-state index contributed by atoms with van der Waals surface area (Å²) in [4.78, 5) is 26.8. The van der Waals surface area contributed by atoms with Crippen LogP contribution in [0.1, 0.15) is 33.0 Å². The van der Waals surface area contributed by atoms with Gasteiger partial charge in [0, 0.05) is 26.2 Å². The molecule has 2 aliphatic rings. The summed E-state index contributed by atoms with van der Waals surface area (Å²) in [7, 11) is 0. The maximum absolute atomic E-state index is 12.8. The van der Waals surface area contributed by atoms with Gasteiger partial charge in [-0.1, -0.05) is 0 Å². The molecular weight excluding hydrogens is 372 g/mol. The summed E-state index contributed by atoms with van der Waals surface area (Å²) < 4.78 is 12.3. The molecule has 27 heavy (non-hydrogen) atoms. The number of rotatable bonds is 4. The zero-order valence-electron chi connectivity index (χ0n) is 14.8. The number of aromatic nitrogens is 2. The van der Waals surface area contributed by atoms with E-state index in [0.717, 1.165) is 18.7 Å². The van der Waals surface area contributed by atoms with Gasteiger partial charge in [0.2, 0.25) is 0 Å². The summed E-state index contributed by atoms with van der Waals surface area (Å²) in [5.41, 5.74) is 1.60. The van der Waals surface area contributed by atoms with Gasteiger partial charge in [0.05, 0.1) is 30.7 Å². The highest BCUT2D eigenvalue weighted by Gasteiger charge is 2.28. The van der Waals surface area contributed by atoms with E-state index in [1.54, 1.807) is 18.3 Å². The Labute approximate surface area is 161 Å². The lowest BCUT2D eigenvalue weighted by Crippen LogP contribution is -2.41. The van der Waals surface area contributed by atoms with Crippen molar-refractivity contribution < 1.29 is 18.7 Å². The van der Waals surface area contributed by atoms with Gasteiger partial charge in [-0.2, -0.15) is 5.10 Å². The number of halogens is 1. The third-order valence-electron chi connectivity index (χ3n) is 5.06. The van der Waals surface area contributed by atoms with E-state index < -0.39 is 0 Å². The van der Waals surface area contributed by atoms with Crippen LogP contribution < -0.4 is 5.32 Å². The lowest BCUT2D eigenvalue weighted by Gasteiger charge is -2.28. The summed E-state index contributed by atoms with van der Waals surface area (Å²) in [6, 6.07) is 3.09. The molecule has 0 radical (unpaired) electrons. The number of nitrogens with zero attached hydrogens (tertiary/aromatic N) is 3. The lowest BCUT2D eigenvalue weighted by molar-refractivity contribution is 0.0301. The molecule has 2 aromatic heterocycles. The molecule has 0 saturated carbocycles. The molecule has 0 aromatic carbocycles. The van der Waals surface area contributed by atoms with Gasteiger partial charge in [0.15, 0.2) is 11.0 Å². The first kappa shape index (κ1) is 18.1. The second-order valence-electron chi connectivity index (χ2n) is 6.81. The molecule has 1 saturated heterocycles. The van der Waals surface area contributed by atoms with Crippen molar-refractivity contribution in [3.05, 3.63) is 40.6 Å². The summed E-state index contributed by atoms with van der Waals surface area (Å²) >= 11 is 5.71. The maximum Gasteiger partial charge on any atom is 0.287 e. The Morgan fingerprint density at radius 2 is 2.07 bits per heavy atom. The molecule has 4 heterocycles. The average molecular weight is 393 g/mol. The number of carbonyl (C=O) groups excluding carboxylic acids is 2. The van der Waals surface area contributed by atoms with Crippen LogP contribution in [0.2, 0.25) is 5.22 Å². The van der Waals surface area contributed by atoms with Crippen molar-refractivity contribution in [2.24, 2.45) is 5.92 Å². The van der Waals surface area contributed by atoms with Crippen molar-refractivity contribution in [3.8, 4) is 0 Å². The van der Waals surface area contributed by atoms with E-state index in [0.29, 0.717) is 44.8 Å². The molecule has 1 fully saturated rings. The van der Waals surface area contributed by atoms with Gasteiger partial charge in [-0.05, 0) is 42.5 Å². The first-order valence-electron chi connectivity index (χ1n) is 9.07.